The van der Waals surface area contributed by atoms with Gasteiger partial charge in [-0.3, -0.25) is 0 Å². The largest absolute Gasteiger partial charge is 0.427 e. The van der Waals surface area contributed by atoms with Gasteiger partial charge in [-0.1, -0.05) is 121 Å². The first kappa shape index (κ1) is 30.4. The van der Waals surface area contributed by atoms with Crippen LogP contribution in [0.1, 0.15) is 122 Å². The second-order valence-electron chi connectivity index (χ2n) is 9.20. The van der Waals surface area contributed by atoms with Crippen LogP contribution in [0.15, 0.2) is 24.3 Å². The zero-order valence-corrected chi connectivity index (χ0v) is 22.5. The van der Waals surface area contributed by atoms with Crippen LogP contribution < -0.4 is 4.52 Å². The molecule has 1 aromatic rings. The van der Waals surface area contributed by atoms with Crippen molar-refractivity contribution in [1.29, 1.82) is 0 Å². The van der Waals surface area contributed by atoms with Crippen LogP contribution in [0.5, 0.6) is 5.75 Å². The average Bonchev–Trinajstić information content (AvgIpc) is 2.81. The van der Waals surface area contributed by atoms with Gasteiger partial charge in [0.2, 0.25) is 0 Å². The Morgan fingerprint density at radius 3 is 1.67 bits per heavy atom. The van der Waals surface area contributed by atoms with Gasteiger partial charge < -0.3 is 18.7 Å². The van der Waals surface area contributed by atoms with Crippen molar-refractivity contribution in [3.05, 3.63) is 29.8 Å². The number of ether oxygens (including phenoxy) is 1. The lowest BCUT2D eigenvalue weighted by atomic mass is 10.0. The summed E-state index contributed by atoms with van der Waals surface area (Å²) in [5.74, 6) is 0.672. The summed E-state index contributed by atoms with van der Waals surface area (Å²) in [6.07, 6.45) is 23.0. The van der Waals surface area contributed by atoms with Gasteiger partial charge in [0, 0.05) is 13.2 Å². The van der Waals surface area contributed by atoms with Gasteiger partial charge in [0.15, 0.2) is 0 Å². The summed E-state index contributed by atoms with van der Waals surface area (Å²) in [4.78, 5) is 9.87. The summed E-state index contributed by atoms with van der Waals surface area (Å²) in [7, 11) is -1.88. The van der Waals surface area contributed by atoms with Gasteiger partial charge in [-0.05, 0) is 31.4 Å². The highest BCUT2D eigenvalue weighted by molar-refractivity contribution is 7.41. The van der Waals surface area contributed by atoms with E-state index < -0.39 is 8.60 Å². The number of hydrogen-bond acceptors (Lipinski definition) is 4. The third-order valence-electron chi connectivity index (χ3n) is 6.05. The summed E-state index contributed by atoms with van der Waals surface area (Å²) in [5, 5.41) is 0. The zero-order chi connectivity index (χ0) is 23.8. The van der Waals surface area contributed by atoms with Crippen molar-refractivity contribution in [3.63, 3.8) is 0 Å². The maximum atomic E-state index is 9.87. The summed E-state index contributed by atoms with van der Waals surface area (Å²) >= 11 is 0. The highest BCUT2D eigenvalue weighted by Gasteiger charge is 2.10. The van der Waals surface area contributed by atoms with E-state index in [2.05, 4.69) is 6.92 Å². The van der Waals surface area contributed by atoms with Gasteiger partial charge in [0.25, 0.3) is 0 Å². The maximum absolute atomic E-state index is 9.87. The Labute approximate surface area is 205 Å². The number of benzene rings is 1. The van der Waals surface area contributed by atoms with Crippen molar-refractivity contribution in [1.82, 2.24) is 0 Å². The molecule has 0 saturated carbocycles. The molecule has 0 aliphatic rings. The van der Waals surface area contributed by atoms with E-state index in [0.29, 0.717) is 19.0 Å². The van der Waals surface area contributed by atoms with Crippen molar-refractivity contribution in [2.45, 2.75) is 123 Å². The molecular formula is C28H51O4P. The Balaban J connectivity index is 1.73. The Hall–Kier alpha value is -0.670. The lowest BCUT2D eigenvalue weighted by Crippen LogP contribution is -2.02. The van der Waals surface area contributed by atoms with Crippen molar-refractivity contribution >= 4 is 8.60 Å². The molecule has 0 fully saturated rings. The van der Waals surface area contributed by atoms with Crippen LogP contribution in [0.2, 0.25) is 0 Å². The molecule has 4 nitrogen and oxygen atoms in total. The molecule has 192 valence electrons. The fraction of sp³-hybridized carbons (Fsp3) is 0.786. The monoisotopic (exact) mass is 482 g/mol. The highest BCUT2D eigenvalue weighted by Crippen LogP contribution is 2.36. The van der Waals surface area contributed by atoms with Crippen LogP contribution in [0.3, 0.4) is 0 Å². The third kappa shape index (κ3) is 19.3. The molecule has 0 radical (unpaired) electrons. The number of aryl methyl sites for hydroxylation is 1. The fourth-order valence-electron chi connectivity index (χ4n) is 3.93. The van der Waals surface area contributed by atoms with Gasteiger partial charge in [-0.25, -0.2) is 0 Å². The first-order valence-electron chi connectivity index (χ1n) is 13.7. The molecule has 1 unspecified atom stereocenters. The molecule has 0 aliphatic heterocycles. The molecule has 0 heterocycles. The van der Waals surface area contributed by atoms with Crippen LogP contribution in [-0.2, 0) is 9.26 Å². The molecule has 0 amide bonds. The minimum Gasteiger partial charge on any atom is -0.427 e. The minimum atomic E-state index is -1.88. The number of unbranched alkanes of at least 4 members (excludes halogenated alkanes) is 15. The standard InChI is InChI=1S/C28H51O4P/c1-3-4-5-6-7-8-9-10-11-12-13-14-15-16-17-20-24-30-25-21-26-31-33(29)32-28-23-19-18-22-27(28)2/h18-19,22-23,29H,3-17,20-21,24-26H2,1-2H3. The molecule has 1 N–H and O–H groups in total. The topological polar surface area (TPSA) is 47.9 Å². The first-order valence-corrected chi connectivity index (χ1v) is 14.8. The molecule has 0 saturated heterocycles. The summed E-state index contributed by atoms with van der Waals surface area (Å²) in [6.45, 7) is 6.18. The predicted octanol–water partition coefficient (Wildman–Crippen LogP) is 9.28. The Morgan fingerprint density at radius 2 is 1.12 bits per heavy atom. The van der Waals surface area contributed by atoms with E-state index in [9.17, 15) is 4.89 Å². The highest BCUT2D eigenvalue weighted by atomic mass is 31.2. The SMILES string of the molecule is CCCCCCCCCCCCCCCCCCOCCCOP(O)Oc1ccccc1C. The second kappa shape index (κ2) is 23.1. The van der Waals surface area contributed by atoms with Crippen molar-refractivity contribution in [3.8, 4) is 5.75 Å². The molecule has 33 heavy (non-hydrogen) atoms. The Morgan fingerprint density at radius 1 is 0.636 bits per heavy atom. The Bertz CT molecular complexity index is 540. The van der Waals surface area contributed by atoms with Gasteiger partial charge in [-0.2, -0.15) is 0 Å². The quantitative estimate of drug-likeness (QED) is 0.118. The van der Waals surface area contributed by atoms with Gasteiger partial charge in [0.05, 0.1) is 6.61 Å². The molecular weight excluding hydrogens is 431 g/mol. The Kier molecular flexibility index (Phi) is 21.2. The fourth-order valence-corrected chi connectivity index (χ4v) is 4.64. The molecule has 1 atom stereocenters. The van der Waals surface area contributed by atoms with E-state index in [-0.39, 0.29) is 0 Å². The van der Waals surface area contributed by atoms with E-state index in [1.165, 1.54) is 96.3 Å². The van der Waals surface area contributed by atoms with Crippen LogP contribution >= 0.6 is 8.60 Å². The van der Waals surface area contributed by atoms with Crippen LogP contribution in [0.4, 0.5) is 0 Å². The lowest BCUT2D eigenvalue weighted by Gasteiger charge is -2.13. The summed E-state index contributed by atoms with van der Waals surface area (Å²) in [5.41, 5.74) is 0.991. The van der Waals surface area contributed by atoms with Crippen LogP contribution in [0.25, 0.3) is 0 Å². The maximum Gasteiger partial charge on any atom is 0.394 e. The van der Waals surface area contributed by atoms with Crippen LogP contribution in [-0.4, -0.2) is 24.7 Å². The lowest BCUT2D eigenvalue weighted by molar-refractivity contribution is 0.114. The molecule has 5 heteroatoms. The van der Waals surface area contributed by atoms with E-state index in [4.69, 9.17) is 13.8 Å². The smallest absolute Gasteiger partial charge is 0.394 e. The second-order valence-corrected chi connectivity index (χ2v) is 10.1. The molecule has 0 bridgehead atoms. The molecule has 1 rings (SSSR count). The van der Waals surface area contributed by atoms with Crippen molar-refractivity contribution in [2.24, 2.45) is 0 Å². The molecule has 0 spiro atoms. The van der Waals surface area contributed by atoms with Crippen molar-refractivity contribution in [2.75, 3.05) is 19.8 Å². The number of rotatable bonds is 24. The normalized spacial score (nSPS) is 12.2. The van der Waals surface area contributed by atoms with Crippen LogP contribution in [0, 0.1) is 6.92 Å². The molecule has 0 aliphatic carbocycles. The van der Waals surface area contributed by atoms with Crippen molar-refractivity contribution < 1.29 is 18.7 Å². The van der Waals surface area contributed by atoms with Gasteiger partial charge in [0.1, 0.15) is 5.75 Å². The molecule has 1 aromatic carbocycles. The number of para-hydroxylation sites is 1. The third-order valence-corrected chi connectivity index (χ3v) is 6.80. The zero-order valence-electron chi connectivity index (χ0n) is 21.6. The van der Waals surface area contributed by atoms with E-state index in [1.807, 2.05) is 31.2 Å². The summed E-state index contributed by atoms with van der Waals surface area (Å²) < 4.78 is 16.5. The van der Waals surface area contributed by atoms with Gasteiger partial charge in [-0.15, -0.1) is 0 Å². The van der Waals surface area contributed by atoms with Gasteiger partial charge >= 0.3 is 8.60 Å². The average molecular weight is 483 g/mol. The molecule has 0 aromatic heterocycles. The van der Waals surface area contributed by atoms with E-state index >= 15 is 0 Å². The summed E-state index contributed by atoms with van der Waals surface area (Å²) in [6, 6.07) is 7.62. The van der Waals surface area contributed by atoms with E-state index in [0.717, 1.165) is 25.0 Å². The number of hydrogen-bond donors (Lipinski definition) is 1. The first-order chi connectivity index (χ1) is 16.2. The minimum absolute atomic E-state index is 0.451. The van der Waals surface area contributed by atoms with E-state index in [1.54, 1.807) is 0 Å². The predicted molar refractivity (Wildman–Crippen MR) is 142 cm³/mol.